The van der Waals surface area contributed by atoms with E-state index in [-0.39, 0.29) is 28.7 Å². The number of rotatable bonds is 3. The maximum Gasteiger partial charge on any atom is 0.153 e. The average molecular weight is 330 g/mol. The highest BCUT2D eigenvalue weighted by molar-refractivity contribution is 6.33. The maximum atomic E-state index is 13.7. The van der Waals surface area contributed by atoms with E-state index in [2.05, 4.69) is 5.10 Å². The minimum Gasteiger partial charge on any atom is -0.510 e. The SMILES string of the molecule is N=C1C(c2ccccc2)=C(O)CN1/N=C/c1c(F)cccc1Cl. The number of hydrogen-bond acceptors (Lipinski definition) is 3. The molecule has 23 heavy (non-hydrogen) atoms. The predicted octanol–water partition coefficient (Wildman–Crippen LogP) is 4.08. The Kier molecular flexibility index (Phi) is 4.12. The van der Waals surface area contributed by atoms with Gasteiger partial charge in [0.25, 0.3) is 0 Å². The summed E-state index contributed by atoms with van der Waals surface area (Å²) in [6.07, 6.45) is 1.26. The zero-order valence-corrected chi connectivity index (χ0v) is 12.8. The van der Waals surface area contributed by atoms with Crippen LogP contribution in [0.3, 0.4) is 0 Å². The second-order valence-electron chi connectivity index (χ2n) is 4.97. The van der Waals surface area contributed by atoms with Crippen molar-refractivity contribution < 1.29 is 9.50 Å². The average Bonchev–Trinajstić information content (AvgIpc) is 2.82. The van der Waals surface area contributed by atoms with E-state index in [1.54, 1.807) is 18.2 Å². The van der Waals surface area contributed by atoms with Gasteiger partial charge in [0, 0.05) is 5.56 Å². The summed E-state index contributed by atoms with van der Waals surface area (Å²) in [5.74, 6) is -0.386. The third-order valence-electron chi connectivity index (χ3n) is 3.47. The van der Waals surface area contributed by atoms with Crippen LogP contribution in [0.1, 0.15) is 11.1 Å². The topological polar surface area (TPSA) is 59.7 Å². The van der Waals surface area contributed by atoms with Crippen LogP contribution in [0.5, 0.6) is 0 Å². The number of aliphatic hydroxyl groups excluding tert-OH is 1. The molecular formula is C17H13ClFN3O. The second kappa shape index (κ2) is 6.22. The first-order valence-corrected chi connectivity index (χ1v) is 7.27. The van der Waals surface area contributed by atoms with Gasteiger partial charge >= 0.3 is 0 Å². The standard InChI is InChI=1S/C17H13ClFN3O/c18-13-7-4-8-14(19)12(13)9-21-22-10-15(23)16(17(22)20)11-5-2-1-3-6-11/h1-9,20,23H,10H2/b20-17?,21-9+. The summed E-state index contributed by atoms with van der Waals surface area (Å²) in [6, 6.07) is 13.5. The third kappa shape index (κ3) is 2.96. The van der Waals surface area contributed by atoms with E-state index in [0.29, 0.717) is 5.57 Å². The van der Waals surface area contributed by atoms with Gasteiger partial charge in [-0.25, -0.2) is 9.40 Å². The number of hydrazone groups is 1. The molecule has 1 aliphatic rings. The molecular weight excluding hydrogens is 317 g/mol. The largest absolute Gasteiger partial charge is 0.510 e. The molecule has 6 heteroatoms. The molecule has 2 N–H and O–H groups in total. The molecule has 2 aromatic carbocycles. The van der Waals surface area contributed by atoms with Crippen LogP contribution in [0.2, 0.25) is 5.02 Å². The summed E-state index contributed by atoms with van der Waals surface area (Å²) in [7, 11) is 0. The van der Waals surface area contributed by atoms with Gasteiger partial charge in [-0.1, -0.05) is 48.0 Å². The summed E-state index contributed by atoms with van der Waals surface area (Å²) in [4.78, 5) is 0. The van der Waals surface area contributed by atoms with Crippen LogP contribution in [0.4, 0.5) is 4.39 Å². The minimum absolute atomic E-state index is 0.0532. The molecule has 116 valence electrons. The Bertz CT molecular complexity index is 798. The van der Waals surface area contributed by atoms with Crippen molar-refractivity contribution in [1.82, 2.24) is 5.01 Å². The van der Waals surface area contributed by atoms with E-state index in [0.717, 1.165) is 5.56 Å². The van der Waals surface area contributed by atoms with Crippen molar-refractivity contribution in [2.24, 2.45) is 5.10 Å². The van der Waals surface area contributed by atoms with Gasteiger partial charge in [-0.15, -0.1) is 0 Å². The highest BCUT2D eigenvalue weighted by atomic mass is 35.5. The van der Waals surface area contributed by atoms with Gasteiger partial charge in [-0.3, -0.25) is 5.41 Å². The van der Waals surface area contributed by atoms with E-state index in [9.17, 15) is 9.50 Å². The molecule has 0 saturated carbocycles. The van der Waals surface area contributed by atoms with E-state index in [4.69, 9.17) is 17.0 Å². The number of aliphatic hydroxyl groups is 1. The lowest BCUT2D eigenvalue weighted by atomic mass is 10.1. The van der Waals surface area contributed by atoms with Crippen LogP contribution in [0.25, 0.3) is 5.57 Å². The molecule has 0 atom stereocenters. The van der Waals surface area contributed by atoms with Crippen molar-refractivity contribution in [2.75, 3.05) is 6.54 Å². The number of amidine groups is 1. The molecule has 4 nitrogen and oxygen atoms in total. The van der Waals surface area contributed by atoms with Gasteiger partial charge in [0.1, 0.15) is 18.1 Å². The van der Waals surface area contributed by atoms with Crippen LogP contribution in [0.15, 0.2) is 59.4 Å². The molecule has 1 aliphatic heterocycles. The Morgan fingerprint density at radius 1 is 1.17 bits per heavy atom. The normalized spacial score (nSPS) is 15.0. The van der Waals surface area contributed by atoms with Crippen LogP contribution >= 0.6 is 11.6 Å². The van der Waals surface area contributed by atoms with Crippen molar-refractivity contribution in [3.63, 3.8) is 0 Å². The van der Waals surface area contributed by atoms with Gasteiger partial charge in [-0.2, -0.15) is 5.10 Å². The van der Waals surface area contributed by atoms with Crippen LogP contribution in [-0.2, 0) is 0 Å². The second-order valence-corrected chi connectivity index (χ2v) is 5.38. The van der Waals surface area contributed by atoms with Gasteiger partial charge in [-0.05, 0) is 17.7 Å². The molecule has 0 fully saturated rings. The first-order valence-electron chi connectivity index (χ1n) is 6.90. The fourth-order valence-electron chi connectivity index (χ4n) is 2.33. The van der Waals surface area contributed by atoms with Crippen LogP contribution in [-0.4, -0.2) is 28.7 Å². The molecule has 2 aromatic rings. The fourth-order valence-corrected chi connectivity index (χ4v) is 2.55. The Morgan fingerprint density at radius 2 is 1.91 bits per heavy atom. The lowest BCUT2D eigenvalue weighted by Gasteiger charge is -2.12. The number of nitrogens with one attached hydrogen (secondary N) is 1. The van der Waals surface area contributed by atoms with Crippen molar-refractivity contribution in [2.45, 2.75) is 0 Å². The molecule has 0 unspecified atom stereocenters. The highest BCUT2D eigenvalue weighted by Gasteiger charge is 2.27. The first kappa shape index (κ1) is 15.2. The summed E-state index contributed by atoms with van der Waals surface area (Å²) >= 11 is 5.94. The molecule has 3 rings (SSSR count). The molecule has 0 saturated heterocycles. The number of nitrogens with zero attached hydrogens (tertiary/aromatic N) is 2. The quantitative estimate of drug-likeness (QED) is 0.834. The molecule has 0 radical (unpaired) electrons. The molecule has 0 aromatic heterocycles. The number of benzene rings is 2. The van der Waals surface area contributed by atoms with E-state index < -0.39 is 5.82 Å². The minimum atomic E-state index is -0.493. The van der Waals surface area contributed by atoms with Crippen molar-refractivity contribution in [3.05, 3.63) is 76.3 Å². The Balaban J connectivity index is 1.85. The summed E-state index contributed by atoms with van der Waals surface area (Å²) in [5, 5.41) is 23.9. The van der Waals surface area contributed by atoms with E-state index in [1.165, 1.54) is 23.4 Å². The van der Waals surface area contributed by atoms with Crippen LogP contribution in [0, 0.1) is 11.2 Å². The van der Waals surface area contributed by atoms with Gasteiger partial charge < -0.3 is 5.11 Å². The van der Waals surface area contributed by atoms with Crippen molar-refractivity contribution in [3.8, 4) is 0 Å². The van der Waals surface area contributed by atoms with E-state index >= 15 is 0 Å². The van der Waals surface area contributed by atoms with Crippen LogP contribution < -0.4 is 0 Å². The lowest BCUT2D eigenvalue weighted by Crippen LogP contribution is -2.20. The summed E-state index contributed by atoms with van der Waals surface area (Å²) in [6.45, 7) is 0.0611. The van der Waals surface area contributed by atoms with E-state index in [1.807, 2.05) is 18.2 Å². The lowest BCUT2D eigenvalue weighted by molar-refractivity contribution is 0.358. The predicted molar refractivity (Wildman–Crippen MR) is 89.4 cm³/mol. The van der Waals surface area contributed by atoms with Crippen molar-refractivity contribution in [1.29, 1.82) is 5.41 Å². The first-order chi connectivity index (χ1) is 11.1. The van der Waals surface area contributed by atoms with Gasteiger partial charge in [0.05, 0.1) is 16.8 Å². The number of hydrogen-bond donors (Lipinski definition) is 2. The smallest absolute Gasteiger partial charge is 0.153 e. The molecule has 0 bridgehead atoms. The molecule has 0 spiro atoms. The Labute approximate surface area is 137 Å². The summed E-state index contributed by atoms with van der Waals surface area (Å²) < 4.78 is 13.7. The Hall–Kier alpha value is -2.66. The third-order valence-corrected chi connectivity index (χ3v) is 3.80. The zero-order valence-electron chi connectivity index (χ0n) is 12.0. The maximum absolute atomic E-state index is 13.7. The summed E-state index contributed by atoms with van der Waals surface area (Å²) in [5.41, 5.74) is 1.30. The number of halogens is 2. The Morgan fingerprint density at radius 3 is 2.61 bits per heavy atom. The van der Waals surface area contributed by atoms with Crippen molar-refractivity contribution >= 4 is 29.2 Å². The molecule has 0 amide bonds. The monoisotopic (exact) mass is 329 g/mol. The highest BCUT2D eigenvalue weighted by Crippen LogP contribution is 2.27. The van der Waals surface area contributed by atoms with Gasteiger partial charge in [0.2, 0.25) is 0 Å². The van der Waals surface area contributed by atoms with Gasteiger partial charge in [0.15, 0.2) is 5.84 Å². The molecule has 1 heterocycles. The molecule has 0 aliphatic carbocycles. The zero-order chi connectivity index (χ0) is 16.4. The fraction of sp³-hybridized carbons (Fsp3) is 0.0588.